The van der Waals surface area contributed by atoms with E-state index in [1.54, 1.807) is 38.1 Å². The van der Waals surface area contributed by atoms with Crippen molar-refractivity contribution < 1.29 is 40.7 Å². The standard InChI is InChI=1S/C29H22F6N6O3S2/c1-16-3-12-22(28(30,31)32)23(13-16)41-24(42)14-46-27(41)37-26(45)39-44-17(2)18-4-6-19(7-5-18)25-36-15-40(38-25)20-8-10-21(11-9-20)43-29(33,34)35/h3-13,15,17H,14H2,1-2H3,(H,39,45). The molecule has 0 spiro atoms. The highest BCUT2D eigenvalue weighted by Crippen LogP contribution is 2.40. The molecule has 1 fully saturated rings. The van der Waals surface area contributed by atoms with Gasteiger partial charge >= 0.3 is 12.5 Å². The zero-order valence-electron chi connectivity index (χ0n) is 23.8. The molecule has 3 aromatic carbocycles. The van der Waals surface area contributed by atoms with Crippen LogP contribution in [-0.4, -0.2) is 43.1 Å². The van der Waals surface area contributed by atoms with Crippen LogP contribution in [0.1, 0.15) is 29.7 Å². The zero-order chi connectivity index (χ0) is 33.2. The average Bonchev–Trinajstić information content (AvgIpc) is 3.62. The number of amidine groups is 1. The number of thiocarbonyl (C=S) groups is 1. The Morgan fingerprint density at radius 2 is 1.74 bits per heavy atom. The third-order valence-corrected chi connectivity index (χ3v) is 7.55. The second-order valence-electron chi connectivity index (χ2n) is 9.77. The highest BCUT2D eigenvalue weighted by Gasteiger charge is 2.39. The van der Waals surface area contributed by atoms with Crippen LogP contribution in [0.2, 0.25) is 0 Å². The summed E-state index contributed by atoms with van der Waals surface area (Å²) >= 11 is 6.17. The van der Waals surface area contributed by atoms with E-state index in [1.807, 2.05) is 0 Å². The highest BCUT2D eigenvalue weighted by atomic mass is 32.2. The summed E-state index contributed by atoms with van der Waals surface area (Å²) in [7, 11) is 0. The number of alkyl halides is 6. The van der Waals surface area contributed by atoms with Gasteiger partial charge in [0.2, 0.25) is 11.0 Å². The van der Waals surface area contributed by atoms with Crippen molar-refractivity contribution in [2.75, 3.05) is 10.7 Å². The number of aromatic nitrogens is 3. The van der Waals surface area contributed by atoms with E-state index in [0.717, 1.165) is 22.7 Å². The normalized spacial score (nSPS) is 15.3. The molecule has 5 rings (SSSR count). The van der Waals surface area contributed by atoms with Crippen molar-refractivity contribution >= 4 is 45.9 Å². The summed E-state index contributed by atoms with van der Waals surface area (Å²) in [6.45, 7) is 3.34. The summed E-state index contributed by atoms with van der Waals surface area (Å²) < 4.78 is 83.5. The van der Waals surface area contributed by atoms with Gasteiger partial charge < -0.3 is 4.74 Å². The summed E-state index contributed by atoms with van der Waals surface area (Å²) in [4.78, 5) is 27.5. The van der Waals surface area contributed by atoms with Crippen molar-refractivity contribution in [2.24, 2.45) is 4.99 Å². The number of ether oxygens (including phenoxy) is 1. The van der Waals surface area contributed by atoms with Crippen LogP contribution in [0, 0.1) is 6.92 Å². The Hall–Kier alpha value is -4.48. The fraction of sp³-hybridized carbons (Fsp3) is 0.207. The molecule has 240 valence electrons. The first kappa shape index (κ1) is 32.9. The fourth-order valence-corrected chi connectivity index (χ4v) is 5.35. The molecule has 46 heavy (non-hydrogen) atoms. The van der Waals surface area contributed by atoms with E-state index in [9.17, 15) is 31.1 Å². The smallest absolute Gasteiger partial charge is 0.406 e. The zero-order valence-corrected chi connectivity index (χ0v) is 25.4. The number of anilines is 1. The van der Waals surface area contributed by atoms with E-state index in [2.05, 4.69) is 25.3 Å². The van der Waals surface area contributed by atoms with Crippen LogP contribution < -0.4 is 15.1 Å². The molecule has 0 aliphatic carbocycles. The van der Waals surface area contributed by atoms with Gasteiger partial charge in [-0.25, -0.2) is 15.1 Å². The SMILES string of the molecule is Cc1ccc(C(F)(F)F)c(N2C(=O)CSC2=NC(=S)NOC(C)c2ccc(-c3ncn(-c4ccc(OC(F)(F)F)cc4)n3)cc2)c1. The number of halogens is 6. The van der Waals surface area contributed by atoms with Gasteiger partial charge in [0.15, 0.2) is 11.0 Å². The summed E-state index contributed by atoms with van der Waals surface area (Å²) in [6.07, 6.45) is -8.62. The summed E-state index contributed by atoms with van der Waals surface area (Å²) in [6, 6.07) is 15.7. The monoisotopic (exact) mass is 680 g/mol. The Labute approximate surface area is 267 Å². The highest BCUT2D eigenvalue weighted by molar-refractivity contribution is 8.15. The van der Waals surface area contributed by atoms with Crippen LogP contribution in [0.3, 0.4) is 0 Å². The van der Waals surface area contributed by atoms with Gasteiger partial charge in [0.1, 0.15) is 18.2 Å². The second kappa shape index (κ2) is 13.1. The number of carbonyl (C=O) groups is 1. The van der Waals surface area contributed by atoms with E-state index < -0.39 is 30.1 Å². The molecule has 0 saturated carbocycles. The topological polar surface area (TPSA) is 93.9 Å². The van der Waals surface area contributed by atoms with Crippen molar-refractivity contribution in [2.45, 2.75) is 32.5 Å². The van der Waals surface area contributed by atoms with Gasteiger partial charge in [0, 0.05) is 5.56 Å². The molecular formula is C29H22F6N6O3S2. The van der Waals surface area contributed by atoms with Gasteiger partial charge in [-0.2, -0.15) is 18.2 Å². The third kappa shape index (κ3) is 7.83. The number of carbonyl (C=O) groups excluding carboxylic acids is 1. The molecule has 1 atom stereocenters. The molecule has 0 radical (unpaired) electrons. The van der Waals surface area contributed by atoms with Crippen LogP contribution in [0.25, 0.3) is 17.1 Å². The number of hydrogen-bond acceptors (Lipinski definition) is 7. The lowest BCUT2D eigenvalue weighted by atomic mass is 10.1. The minimum Gasteiger partial charge on any atom is -0.406 e. The van der Waals surface area contributed by atoms with Crippen molar-refractivity contribution in [3.8, 4) is 22.8 Å². The van der Waals surface area contributed by atoms with Gasteiger partial charge in [-0.3, -0.25) is 14.5 Å². The number of thioether (sulfide) groups is 1. The number of hydrogen-bond donors (Lipinski definition) is 1. The Balaban J connectivity index is 1.21. The Morgan fingerprint density at radius 3 is 2.39 bits per heavy atom. The fourth-order valence-electron chi connectivity index (χ4n) is 4.29. The summed E-state index contributed by atoms with van der Waals surface area (Å²) in [5.74, 6) is -0.666. The summed E-state index contributed by atoms with van der Waals surface area (Å²) in [5, 5.41) is 4.16. The van der Waals surface area contributed by atoms with Crippen molar-refractivity contribution in [1.82, 2.24) is 20.2 Å². The number of nitrogens with zero attached hydrogens (tertiary/aromatic N) is 5. The van der Waals surface area contributed by atoms with Crippen LogP contribution >= 0.6 is 24.0 Å². The molecule has 2 heterocycles. The molecule has 1 N–H and O–H groups in total. The molecule has 1 saturated heterocycles. The van der Waals surface area contributed by atoms with Crippen molar-refractivity contribution in [3.63, 3.8) is 0 Å². The lowest BCUT2D eigenvalue weighted by molar-refractivity contribution is -0.274. The third-order valence-electron chi connectivity index (χ3n) is 6.45. The lowest BCUT2D eigenvalue weighted by Gasteiger charge is -2.22. The first-order chi connectivity index (χ1) is 21.7. The average molecular weight is 681 g/mol. The molecule has 1 aliphatic heterocycles. The van der Waals surface area contributed by atoms with Crippen LogP contribution in [0.15, 0.2) is 78.0 Å². The maximum absolute atomic E-state index is 13.7. The Kier molecular flexibility index (Phi) is 9.37. The number of aryl methyl sites for hydroxylation is 1. The van der Waals surface area contributed by atoms with Gasteiger partial charge in [-0.05, 0) is 73.6 Å². The molecule has 0 bridgehead atoms. The van der Waals surface area contributed by atoms with Crippen LogP contribution in [-0.2, 0) is 15.8 Å². The number of nitrogens with one attached hydrogen (secondary N) is 1. The first-order valence-electron chi connectivity index (χ1n) is 13.2. The van der Waals surface area contributed by atoms with Gasteiger partial charge in [0.05, 0.1) is 22.7 Å². The lowest BCUT2D eigenvalue weighted by Crippen LogP contribution is -2.33. The van der Waals surface area contributed by atoms with Gasteiger partial charge in [0.25, 0.3) is 0 Å². The Bertz CT molecular complexity index is 1780. The number of rotatable bonds is 7. The predicted octanol–water partition coefficient (Wildman–Crippen LogP) is 7.16. The molecular weight excluding hydrogens is 658 g/mol. The van der Waals surface area contributed by atoms with E-state index in [4.69, 9.17) is 17.1 Å². The van der Waals surface area contributed by atoms with Crippen molar-refractivity contribution in [1.29, 1.82) is 0 Å². The quantitative estimate of drug-likeness (QED) is 0.125. The van der Waals surface area contributed by atoms with E-state index in [1.165, 1.54) is 47.4 Å². The predicted molar refractivity (Wildman–Crippen MR) is 162 cm³/mol. The molecule has 1 aliphatic rings. The Morgan fingerprint density at radius 1 is 1.04 bits per heavy atom. The van der Waals surface area contributed by atoms with Crippen LogP contribution in [0.4, 0.5) is 32.0 Å². The molecule has 17 heteroatoms. The molecule has 1 aromatic heterocycles. The van der Waals surface area contributed by atoms with E-state index in [-0.39, 0.29) is 27.5 Å². The number of hydroxylamine groups is 1. The van der Waals surface area contributed by atoms with Crippen molar-refractivity contribution in [3.05, 3.63) is 89.7 Å². The van der Waals surface area contributed by atoms with E-state index in [0.29, 0.717) is 28.2 Å². The molecule has 9 nitrogen and oxygen atoms in total. The number of aliphatic imine (C=N–C) groups is 1. The maximum atomic E-state index is 13.7. The molecule has 1 amide bonds. The van der Waals surface area contributed by atoms with E-state index >= 15 is 0 Å². The molecule has 4 aromatic rings. The molecule has 1 unspecified atom stereocenters. The van der Waals surface area contributed by atoms with Crippen LogP contribution in [0.5, 0.6) is 5.75 Å². The minimum absolute atomic E-state index is 0.0169. The first-order valence-corrected chi connectivity index (χ1v) is 14.6. The van der Waals surface area contributed by atoms with Gasteiger partial charge in [-0.1, -0.05) is 42.1 Å². The maximum Gasteiger partial charge on any atom is 0.573 e. The number of amides is 1. The second-order valence-corrected chi connectivity index (χ2v) is 11.1. The minimum atomic E-state index is -4.79. The van der Waals surface area contributed by atoms with Gasteiger partial charge in [-0.15, -0.1) is 18.3 Å². The largest absolute Gasteiger partial charge is 0.573 e. The summed E-state index contributed by atoms with van der Waals surface area (Å²) in [5.41, 5.74) is 3.59. The number of benzene rings is 3.